The fourth-order valence-corrected chi connectivity index (χ4v) is 6.46. The number of fused-ring (bicyclic) bond motifs is 2. The van der Waals surface area contributed by atoms with Gasteiger partial charge in [-0.3, -0.25) is 9.59 Å². The van der Waals surface area contributed by atoms with Gasteiger partial charge in [-0.2, -0.15) is 0 Å². The molecule has 2 heteroatoms. The van der Waals surface area contributed by atoms with Crippen molar-refractivity contribution < 1.29 is 9.59 Å². The van der Waals surface area contributed by atoms with Gasteiger partial charge in [0, 0.05) is 16.7 Å². The van der Waals surface area contributed by atoms with E-state index < -0.39 is 0 Å². The number of rotatable bonds is 2. The summed E-state index contributed by atoms with van der Waals surface area (Å²) in [6.07, 6.45) is 10.0. The van der Waals surface area contributed by atoms with Gasteiger partial charge in [-0.1, -0.05) is 38.2 Å². The Bertz CT molecular complexity index is 601. The Kier molecular flexibility index (Phi) is 2.42. The lowest BCUT2D eigenvalue weighted by atomic mass is 9.34. The molecule has 0 radical (unpaired) electrons. The van der Waals surface area contributed by atoms with Crippen LogP contribution in [0.15, 0.2) is 24.3 Å². The summed E-state index contributed by atoms with van der Waals surface area (Å²) in [6.45, 7) is 7.89. The summed E-state index contributed by atoms with van der Waals surface area (Å²) in [4.78, 5) is 24.5. The molecule has 0 heterocycles. The van der Waals surface area contributed by atoms with Crippen LogP contribution in [0.4, 0.5) is 0 Å². The number of carbonyl (C=O) groups excluding carboxylic acids is 2. The molecule has 2 nitrogen and oxygen atoms in total. The van der Waals surface area contributed by atoms with E-state index >= 15 is 0 Å². The van der Waals surface area contributed by atoms with Crippen molar-refractivity contribution in [1.29, 1.82) is 0 Å². The monoisotopic (exact) mass is 284 g/mol. The maximum Gasteiger partial charge on any atom is 0.136 e. The molecule has 21 heavy (non-hydrogen) atoms. The smallest absolute Gasteiger partial charge is 0.136 e. The fraction of sp³-hybridized carbons (Fsp3) is 0.684. The molecule has 0 aromatic carbocycles. The number of Topliss-reactive ketones (excluding diaryl/α,β-unsaturated/α-hetero) is 2. The Morgan fingerprint density at radius 3 is 2.38 bits per heavy atom. The second kappa shape index (κ2) is 3.77. The van der Waals surface area contributed by atoms with E-state index in [1.54, 1.807) is 13.8 Å². The minimum Gasteiger partial charge on any atom is -0.299 e. The van der Waals surface area contributed by atoms with E-state index in [0.717, 1.165) is 6.42 Å². The highest BCUT2D eigenvalue weighted by Gasteiger charge is 2.77. The highest BCUT2D eigenvalue weighted by molar-refractivity contribution is 5.85. The van der Waals surface area contributed by atoms with Crippen LogP contribution in [-0.2, 0) is 9.59 Å². The normalized spacial score (nSPS) is 55.8. The molecule has 8 atom stereocenters. The van der Waals surface area contributed by atoms with Crippen LogP contribution < -0.4 is 0 Å². The van der Waals surface area contributed by atoms with Crippen molar-refractivity contribution in [2.75, 3.05) is 0 Å². The third kappa shape index (κ3) is 1.27. The molecule has 4 aliphatic rings. The summed E-state index contributed by atoms with van der Waals surface area (Å²) in [5, 5.41) is 0. The number of allylic oxidation sites excluding steroid dienone is 4. The molecule has 1 spiro atoms. The maximum atomic E-state index is 12.4. The van der Waals surface area contributed by atoms with Gasteiger partial charge in [0.2, 0.25) is 0 Å². The molecule has 8 unspecified atom stereocenters. The van der Waals surface area contributed by atoms with Crippen molar-refractivity contribution in [3.05, 3.63) is 24.3 Å². The topological polar surface area (TPSA) is 34.1 Å². The zero-order valence-electron chi connectivity index (χ0n) is 13.3. The summed E-state index contributed by atoms with van der Waals surface area (Å²) >= 11 is 0. The van der Waals surface area contributed by atoms with E-state index in [1.165, 1.54) is 0 Å². The molecule has 112 valence electrons. The highest BCUT2D eigenvalue weighted by Crippen LogP contribution is 2.80. The van der Waals surface area contributed by atoms with Gasteiger partial charge in [0.1, 0.15) is 11.6 Å². The Morgan fingerprint density at radius 2 is 1.86 bits per heavy atom. The Hall–Kier alpha value is -1.18. The summed E-state index contributed by atoms with van der Waals surface area (Å²) in [7, 11) is 0. The van der Waals surface area contributed by atoms with Gasteiger partial charge in [0.15, 0.2) is 0 Å². The maximum absolute atomic E-state index is 12.4. The molecular weight excluding hydrogens is 260 g/mol. The van der Waals surface area contributed by atoms with E-state index in [1.807, 2.05) is 0 Å². The molecule has 2 saturated carbocycles. The molecule has 0 amide bonds. The minimum atomic E-state index is -0.242. The van der Waals surface area contributed by atoms with E-state index in [4.69, 9.17) is 0 Å². The minimum absolute atomic E-state index is 0.0215. The van der Waals surface area contributed by atoms with E-state index in [-0.39, 0.29) is 22.5 Å². The molecule has 4 rings (SSSR count). The average molecular weight is 284 g/mol. The molecule has 0 N–H and O–H groups in total. The average Bonchev–Trinajstić information content (AvgIpc) is 2.49. The van der Waals surface area contributed by atoms with Crippen molar-refractivity contribution in [1.82, 2.24) is 0 Å². The molecule has 0 saturated heterocycles. The van der Waals surface area contributed by atoms with Gasteiger partial charge in [-0.25, -0.2) is 0 Å². The standard InChI is InChI=1S/C19H24O2/c1-10-5-6-14(11(2)20)15-16(10)19-8-7-13(19)9-18(4,12(3)21)17(15)19/h5-8,10,13-17H,9H2,1-4H3. The van der Waals surface area contributed by atoms with Crippen molar-refractivity contribution in [2.45, 2.75) is 34.1 Å². The van der Waals surface area contributed by atoms with Crippen molar-refractivity contribution in [3.63, 3.8) is 0 Å². The number of carbonyl (C=O) groups is 2. The predicted molar refractivity (Wildman–Crippen MR) is 81.4 cm³/mol. The van der Waals surface area contributed by atoms with E-state index in [0.29, 0.717) is 35.4 Å². The molecule has 0 aromatic heterocycles. The van der Waals surface area contributed by atoms with Crippen LogP contribution in [-0.4, -0.2) is 11.6 Å². The van der Waals surface area contributed by atoms with Crippen LogP contribution in [0.1, 0.15) is 34.1 Å². The fourth-order valence-electron chi connectivity index (χ4n) is 6.46. The quantitative estimate of drug-likeness (QED) is 0.728. The first-order valence-electron chi connectivity index (χ1n) is 8.23. The largest absolute Gasteiger partial charge is 0.299 e. The van der Waals surface area contributed by atoms with Gasteiger partial charge in [0.25, 0.3) is 0 Å². The number of ketones is 2. The van der Waals surface area contributed by atoms with E-state index in [9.17, 15) is 9.59 Å². The van der Waals surface area contributed by atoms with Crippen LogP contribution in [0, 0.1) is 46.3 Å². The Labute approximate surface area is 126 Å². The van der Waals surface area contributed by atoms with Crippen LogP contribution in [0.5, 0.6) is 0 Å². The first-order valence-corrected chi connectivity index (χ1v) is 8.23. The lowest BCUT2D eigenvalue weighted by Crippen LogP contribution is -2.66. The van der Waals surface area contributed by atoms with Gasteiger partial charge < -0.3 is 0 Å². The molecule has 0 bridgehead atoms. The Balaban J connectivity index is 1.84. The Morgan fingerprint density at radius 1 is 1.14 bits per heavy atom. The molecule has 2 fully saturated rings. The second-order valence-electron chi connectivity index (χ2n) is 8.10. The summed E-state index contributed by atoms with van der Waals surface area (Å²) in [5.74, 6) is 2.95. The van der Waals surface area contributed by atoms with E-state index in [2.05, 4.69) is 38.2 Å². The zero-order valence-corrected chi connectivity index (χ0v) is 13.3. The van der Waals surface area contributed by atoms with Crippen LogP contribution in [0.2, 0.25) is 0 Å². The first-order chi connectivity index (χ1) is 9.84. The SMILES string of the molecule is CC(=O)C1C=CC(C)C2C1C1C(C)(C(C)=O)CC3C=CC321. The predicted octanol–water partition coefficient (Wildman–Crippen LogP) is 3.43. The summed E-state index contributed by atoms with van der Waals surface area (Å²) < 4.78 is 0. The van der Waals surface area contributed by atoms with Crippen molar-refractivity contribution in [3.8, 4) is 0 Å². The summed E-state index contributed by atoms with van der Waals surface area (Å²) in [6, 6.07) is 0. The van der Waals surface area contributed by atoms with Crippen molar-refractivity contribution >= 4 is 11.6 Å². The third-order valence-electron chi connectivity index (χ3n) is 7.38. The molecule has 4 aliphatic carbocycles. The van der Waals surface area contributed by atoms with Crippen molar-refractivity contribution in [2.24, 2.45) is 46.3 Å². The van der Waals surface area contributed by atoms with Gasteiger partial charge >= 0.3 is 0 Å². The van der Waals surface area contributed by atoms with Crippen LogP contribution in [0.3, 0.4) is 0 Å². The van der Waals surface area contributed by atoms with Crippen LogP contribution >= 0.6 is 0 Å². The third-order valence-corrected chi connectivity index (χ3v) is 7.38. The molecule has 0 aromatic rings. The zero-order chi connectivity index (χ0) is 15.2. The van der Waals surface area contributed by atoms with Gasteiger partial charge in [0.05, 0.1) is 0 Å². The first kappa shape index (κ1) is 13.5. The number of hydrogen-bond donors (Lipinski definition) is 0. The van der Waals surface area contributed by atoms with Crippen LogP contribution in [0.25, 0.3) is 0 Å². The molecule has 0 aliphatic heterocycles. The lowest BCUT2D eigenvalue weighted by Gasteiger charge is -2.68. The molecular formula is C19H24O2. The highest BCUT2D eigenvalue weighted by atomic mass is 16.1. The lowest BCUT2D eigenvalue weighted by molar-refractivity contribution is -0.177. The van der Waals surface area contributed by atoms with Gasteiger partial charge in [-0.05, 0) is 49.9 Å². The second-order valence-corrected chi connectivity index (χ2v) is 8.10. The van der Waals surface area contributed by atoms with Gasteiger partial charge in [-0.15, -0.1) is 0 Å². The number of hydrogen-bond acceptors (Lipinski definition) is 2. The summed E-state index contributed by atoms with van der Waals surface area (Å²) in [5.41, 5.74) is -0.0309.